The van der Waals surface area contributed by atoms with E-state index in [4.69, 9.17) is 4.74 Å². The summed E-state index contributed by atoms with van der Waals surface area (Å²) in [6.07, 6.45) is -0.379. The van der Waals surface area contributed by atoms with Crippen molar-refractivity contribution in [2.75, 3.05) is 4.90 Å². The van der Waals surface area contributed by atoms with Crippen molar-refractivity contribution in [1.82, 2.24) is 0 Å². The van der Waals surface area contributed by atoms with Crippen molar-refractivity contribution in [2.24, 2.45) is 0 Å². The first-order valence-corrected chi connectivity index (χ1v) is 11.5. The molecule has 4 nitrogen and oxygen atoms in total. The van der Waals surface area contributed by atoms with Gasteiger partial charge < -0.3 is 9.64 Å². The number of hydrogen-bond acceptors (Lipinski definition) is 4. The Kier molecular flexibility index (Phi) is 6.10. The van der Waals surface area contributed by atoms with Gasteiger partial charge in [0.05, 0.1) is 17.2 Å². The van der Waals surface area contributed by atoms with Gasteiger partial charge in [-0.05, 0) is 52.0 Å². The zero-order chi connectivity index (χ0) is 23.2. The van der Waals surface area contributed by atoms with Crippen molar-refractivity contribution in [3.8, 4) is 0 Å². The normalized spacial score (nSPS) is 16.5. The highest BCUT2D eigenvalue weighted by Gasteiger charge is 2.30. The average Bonchev–Trinajstić information content (AvgIpc) is 2.68. The maximum atomic E-state index is 14.1. The quantitative estimate of drug-likeness (QED) is 0.443. The zero-order valence-electron chi connectivity index (χ0n) is 17.6. The third-order valence-electron chi connectivity index (χ3n) is 5.21. The Balaban J connectivity index is 1.94. The maximum Gasteiger partial charge on any atom is 0.187 e. The van der Waals surface area contributed by atoms with Crippen molar-refractivity contribution in [1.29, 1.82) is 0 Å². The van der Waals surface area contributed by atoms with Crippen LogP contribution in [0.1, 0.15) is 49.1 Å². The predicted molar refractivity (Wildman–Crippen MR) is 110 cm³/mol. The van der Waals surface area contributed by atoms with Gasteiger partial charge in [0.15, 0.2) is 39.0 Å². The summed E-state index contributed by atoms with van der Waals surface area (Å²) >= 11 is 0. The fourth-order valence-electron chi connectivity index (χ4n) is 3.70. The summed E-state index contributed by atoms with van der Waals surface area (Å²) in [5.41, 5.74) is -0.0637. The Morgan fingerprint density at radius 2 is 1.65 bits per heavy atom. The molecule has 168 valence electrons. The number of nitrogens with zero attached hydrogens (tertiary/aromatic N) is 1. The number of hydrogen-bond donors (Lipinski definition) is 0. The van der Waals surface area contributed by atoms with Gasteiger partial charge in [0.1, 0.15) is 6.10 Å². The molecule has 0 aliphatic carbocycles. The molecule has 0 aromatic heterocycles. The third-order valence-corrected chi connectivity index (χ3v) is 6.71. The third kappa shape index (κ3) is 4.28. The van der Waals surface area contributed by atoms with Crippen LogP contribution in [0.25, 0.3) is 0 Å². The van der Waals surface area contributed by atoms with Gasteiger partial charge in [-0.3, -0.25) is 0 Å². The van der Waals surface area contributed by atoms with Crippen LogP contribution in [0, 0.1) is 30.2 Å². The van der Waals surface area contributed by atoms with Crippen LogP contribution in [0.2, 0.25) is 0 Å². The summed E-state index contributed by atoms with van der Waals surface area (Å²) in [5, 5.41) is 0. The number of sulfone groups is 1. The Morgan fingerprint density at radius 1 is 1.06 bits per heavy atom. The summed E-state index contributed by atoms with van der Waals surface area (Å²) in [5.74, 6) is -7.85. The minimum atomic E-state index is -4.15. The second kappa shape index (κ2) is 8.18. The first kappa shape index (κ1) is 23.1. The highest BCUT2D eigenvalue weighted by Crippen LogP contribution is 2.39. The van der Waals surface area contributed by atoms with Crippen LogP contribution in [0.15, 0.2) is 30.7 Å². The summed E-state index contributed by atoms with van der Waals surface area (Å²) < 4.78 is 86.8. The second-order valence-corrected chi connectivity index (χ2v) is 9.97. The van der Waals surface area contributed by atoms with Crippen molar-refractivity contribution in [3.63, 3.8) is 0 Å². The van der Waals surface area contributed by atoms with E-state index in [9.17, 15) is 26.0 Å². The van der Waals surface area contributed by atoms with E-state index < -0.39 is 55.7 Å². The van der Waals surface area contributed by atoms with E-state index in [1.54, 1.807) is 25.1 Å². The van der Waals surface area contributed by atoms with Crippen molar-refractivity contribution < 1.29 is 30.7 Å². The standard InChI is InChI=1S/C22H23F4NO3S/c1-11(2)27-14(5)30-13(4)16-8-15(6-7-18(16)27)9-31(28,29)10-17-21(25)19(23)12(3)20(24)22(17)26/h6-8,11,13H,5,9-10H2,1-4H3. The van der Waals surface area contributed by atoms with Gasteiger partial charge >= 0.3 is 0 Å². The molecular formula is C22H23F4NO3S. The van der Waals surface area contributed by atoms with Crippen LogP contribution in [-0.4, -0.2) is 14.5 Å². The smallest absolute Gasteiger partial charge is 0.187 e. The lowest BCUT2D eigenvalue weighted by Gasteiger charge is -2.38. The molecule has 1 unspecified atom stereocenters. The van der Waals surface area contributed by atoms with E-state index in [0.717, 1.165) is 18.2 Å². The van der Waals surface area contributed by atoms with Gasteiger partial charge in [-0.1, -0.05) is 6.07 Å². The molecule has 0 bridgehead atoms. The minimum absolute atomic E-state index is 0.0469. The fourth-order valence-corrected chi connectivity index (χ4v) is 5.18. The number of anilines is 1. The Bertz CT molecular complexity index is 1130. The van der Waals surface area contributed by atoms with Gasteiger partial charge in [0.25, 0.3) is 0 Å². The minimum Gasteiger partial charge on any atom is -0.471 e. The van der Waals surface area contributed by atoms with Gasteiger partial charge in [-0.15, -0.1) is 0 Å². The van der Waals surface area contributed by atoms with Crippen LogP contribution < -0.4 is 4.90 Å². The summed E-state index contributed by atoms with van der Waals surface area (Å²) in [6.45, 7) is 10.5. The number of ether oxygens (including phenoxy) is 1. The van der Waals surface area contributed by atoms with Crippen molar-refractivity contribution in [3.05, 3.63) is 76.2 Å². The highest BCUT2D eigenvalue weighted by atomic mass is 32.2. The monoisotopic (exact) mass is 457 g/mol. The van der Waals surface area contributed by atoms with Gasteiger partial charge in [0, 0.05) is 22.7 Å². The fraction of sp³-hybridized carbons (Fsp3) is 0.364. The topological polar surface area (TPSA) is 46.6 Å². The number of rotatable bonds is 5. The summed E-state index contributed by atoms with van der Waals surface area (Å²) in [6, 6.07) is 5.00. The largest absolute Gasteiger partial charge is 0.471 e. The Morgan fingerprint density at radius 3 is 2.19 bits per heavy atom. The van der Waals surface area contributed by atoms with E-state index in [-0.39, 0.29) is 12.1 Å². The molecule has 0 amide bonds. The van der Waals surface area contributed by atoms with Gasteiger partial charge in [-0.25, -0.2) is 26.0 Å². The molecule has 0 fully saturated rings. The molecule has 0 saturated carbocycles. The van der Waals surface area contributed by atoms with Gasteiger partial charge in [-0.2, -0.15) is 0 Å². The van der Waals surface area contributed by atoms with Crippen LogP contribution in [0.3, 0.4) is 0 Å². The molecule has 31 heavy (non-hydrogen) atoms. The Labute approximate surface area is 179 Å². The molecular weight excluding hydrogens is 434 g/mol. The lowest BCUT2D eigenvalue weighted by atomic mass is 10.0. The van der Waals surface area contributed by atoms with Crippen molar-refractivity contribution >= 4 is 15.5 Å². The van der Waals surface area contributed by atoms with E-state index in [1.165, 1.54) is 0 Å². The number of benzene rings is 2. The lowest BCUT2D eigenvalue weighted by molar-refractivity contribution is 0.116. The summed E-state index contributed by atoms with van der Waals surface area (Å²) in [7, 11) is -4.15. The van der Waals surface area contributed by atoms with Crippen molar-refractivity contribution in [2.45, 2.75) is 51.3 Å². The first-order chi connectivity index (χ1) is 14.3. The lowest BCUT2D eigenvalue weighted by Crippen LogP contribution is -2.35. The molecule has 0 saturated heterocycles. The molecule has 3 rings (SSSR count). The molecule has 1 aliphatic rings. The highest BCUT2D eigenvalue weighted by molar-refractivity contribution is 7.89. The Hall–Kier alpha value is -2.55. The molecule has 1 aliphatic heterocycles. The zero-order valence-corrected chi connectivity index (χ0v) is 18.4. The molecule has 0 radical (unpaired) electrons. The van der Waals surface area contributed by atoms with Crippen LogP contribution >= 0.6 is 0 Å². The van der Waals surface area contributed by atoms with Gasteiger partial charge in [0.2, 0.25) is 0 Å². The molecule has 1 heterocycles. The SMILES string of the molecule is C=C1OC(C)c2cc(CS(=O)(=O)Cc3c(F)c(F)c(C)c(F)c3F)ccc2N1C(C)C. The number of fused-ring (bicyclic) bond motifs is 1. The van der Waals surface area contributed by atoms with E-state index in [1.807, 2.05) is 18.7 Å². The number of halogens is 4. The van der Waals surface area contributed by atoms with E-state index in [0.29, 0.717) is 11.4 Å². The van der Waals surface area contributed by atoms with Crippen LogP contribution in [0.5, 0.6) is 0 Å². The molecule has 2 aromatic rings. The second-order valence-electron chi connectivity index (χ2n) is 7.90. The molecule has 2 aromatic carbocycles. The molecule has 0 spiro atoms. The predicted octanol–water partition coefficient (Wildman–Crippen LogP) is 5.44. The van der Waals surface area contributed by atoms with Crippen LogP contribution in [0.4, 0.5) is 23.2 Å². The first-order valence-electron chi connectivity index (χ1n) is 9.63. The van der Waals surface area contributed by atoms with Crippen LogP contribution in [-0.2, 0) is 26.1 Å². The van der Waals surface area contributed by atoms with E-state index >= 15 is 0 Å². The van der Waals surface area contributed by atoms with E-state index in [2.05, 4.69) is 6.58 Å². The maximum absolute atomic E-state index is 14.1. The average molecular weight is 457 g/mol. The molecule has 9 heteroatoms. The molecule has 1 atom stereocenters. The molecule has 0 N–H and O–H groups in total. The summed E-state index contributed by atoms with van der Waals surface area (Å²) in [4.78, 5) is 1.87.